The maximum absolute atomic E-state index is 6.13. The molecule has 0 aliphatic carbocycles. The van der Waals surface area contributed by atoms with E-state index in [1.165, 1.54) is 0 Å². The molecule has 2 heterocycles. The Morgan fingerprint density at radius 3 is 2.88 bits per heavy atom. The zero-order chi connectivity index (χ0) is 16.4. The summed E-state index contributed by atoms with van der Waals surface area (Å²) in [6, 6.07) is 16.9. The van der Waals surface area contributed by atoms with Crippen LogP contribution in [0.25, 0.3) is 22.4 Å². The number of ether oxygens (including phenoxy) is 1. The first-order valence-electron chi connectivity index (χ1n) is 7.35. The van der Waals surface area contributed by atoms with Gasteiger partial charge in [0.25, 0.3) is 5.89 Å². The van der Waals surface area contributed by atoms with Crippen LogP contribution in [-0.2, 0) is 6.61 Å². The molecule has 0 unspecified atom stereocenters. The molecule has 5 nitrogen and oxygen atoms in total. The van der Waals surface area contributed by atoms with Crippen molar-refractivity contribution in [2.45, 2.75) is 6.61 Å². The van der Waals surface area contributed by atoms with E-state index in [-0.39, 0.29) is 6.61 Å². The van der Waals surface area contributed by atoms with Gasteiger partial charge in [-0.2, -0.15) is 4.98 Å². The maximum atomic E-state index is 6.13. The average Bonchev–Trinajstić information content (AvgIpc) is 3.09. The summed E-state index contributed by atoms with van der Waals surface area (Å²) in [5.41, 5.74) is 1.63. The largest absolute Gasteiger partial charge is 0.485 e. The Morgan fingerprint density at radius 1 is 1.04 bits per heavy atom. The fourth-order valence-corrected chi connectivity index (χ4v) is 2.56. The van der Waals surface area contributed by atoms with E-state index in [2.05, 4.69) is 15.1 Å². The number of benzene rings is 2. The minimum absolute atomic E-state index is 0.208. The normalized spacial score (nSPS) is 10.9. The van der Waals surface area contributed by atoms with Crippen molar-refractivity contribution < 1.29 is 9.26 Å². The molecule has 0 radical (unpaired) electrons. The van der Waals surface area contributed by atoms with Gasteiger partial charge >= 0.3 is 0 Å². The third kappa shape index (κ3) is 2.94. The fraction of sp³-hybridized carbons (Fsp3) is 0.0556. The SMILES string of the molecule is Clc1ccccc1-c1nc(COc2ccc3ncccc3c2)no1. The summed E-state index contributed by atoms with van der Waals surface area (Å²) in [5.74, 6) is 1.55. The van der Waals surface area contributed by atoms with Crippen molar-refractivity contribution in [1.29, 1.82) is 0 Å². The van der Waals surface area contributed by atoms with Crippen LogP contribution in [0.2, 0.25) is 5.02 Å². The van der Waals surface area contributed by atoms with E-state index >= 15 is 0 Å². The molecule has 24 heavy (non-hydrogen) atoms. The van der Waals surface area contributed by atoms with Crippen LogP contribution in [-0.4, -0.2) is 15.1 Å². The monoisotopic (exact) mass is 337 g/mol. The highest BCUT2D eigenvalue weighted by atomic mass is 35.5. The van der Waals surface area contributed by atoms with E-state index in [0.717, 1.165) is 16.7 Å². The van der Waals surface area contributed by atoms with Crippen molar-refractivity contribution >= 4 is 22.5 Å². The second-order valence-electron chi connectivity index (χ2n) is 5.14. The average molecular weight is 338 g/mol. The third-order valence-corrected chi connectivity index (χ3v) is 3.84. The number of aromatic nitrogens is 3. The molecule has 4 rings (SSSR count). The van der Waals surface area contributed by atoms with Crippen LogP contribution < -0.4 is 4.74 Å². The Hall–Kier alpha value is -2.92. The smallest absolute Gasteiger partial charge is 0.259 e. The molecule has 0 atom stereocenters. The Morgan fingerprint density at radius 2 is 1.96 bits per heavy atom. The molecule has 0 saturated heterocycles. The van der Waals surface area contributed by atoms with Crippen LogP contribution in [0.4, 0.5) is 0 Å². The second kappa shape index (κ2) is 6.29. The van der Waals surface area contributed by atoms with Gasteiger partial charge in [0.05, 0.1) is 16.1 Å². The first-order chi connectivity index (χ1) is 11.8. The Labute approximate surface area is 142 Å². The molecule has 6 heteroatoms. The number of nitrogens with zero attached hydrogens (tertiary/aromatic N) is 3. The van der Waals surface area contributed by atoms with Crippen LogP contribution in [0.3, 0.4) is 0 Å². The van der Waals surface area contributed by atoms with Gasteiger partial charge in [0, 0.05) is 11.6 Å². The van der Waals surface area contributed by atoms with E-state index in [1.54, 1.807) is 12.3 Å². The highest BCUT2D eigenvalue weighted by Gasteiger charge is 2.12. The van der Waals surface area contributed by atoms with E-state index in [9.17, 15) is 0 Å². The number of hydrogen-bond acceptors (Lipinski definition) is 5. The van der Waals surface area contributed by atoms with E-state index in [0.29, 0.717) is 22.3 Å². The topological polar surface area (TPSA) is 61.0 Å². The lowest BCUT2D eigenvalue weighted by molar-refractivity contribution is 0.287. The number of halogens is 1. The first-order valence-corrected chi connectivity index (χ1v) is 7.72. The van der Waals surface area contributed by atoms with Gasteiger partial charge in [-0.3, -0.25) is 4.98 Å². The number of pyridine rings is 1. The number of rotatable bonds is 4. The molecule has 0 N–H and O–H groups in total. The molecule has 0 fully saturated rings. The lowest BCUT2D eigenvalue weighted by atomic mass is 10.2. The van der Waals surface area contributed by atoms with Crippen LogP contribution in [0.15, 0.2) is 65.3 Å². The summed E-state index contributed by atoms with van der Waals surface area (Å²) in [4.78, 5) is 8.60. The van der Waals surface area contributed by atoms with Crippen molar-refractivity contribution in [3.05, 3.63) is 71.6 Å². The van der Waals surface area contributed by atoms with E-state index in [1.807, 2.05) is 48.5 Å². The van der Waals surface area contributed by atoms with Crippen LogP contribution in [0.1, 0.15) is 5.82 Å². The first kappa shape index (κ1) is 14.7. The van der Waals surface area contributed by atoms with Crippen molar-refractivity contribution in [2.24, 2.45) is 0 Å². The van der Waals surface area contributed by atoms with Gasteiger partial charge in [0.2, 0.25) is 5.82 Å². The Bertz CT molecular complexity index is 1000. The van der Waals surface area contributed by atoms with Gasteiger partial charge in [0.15, 0.2) is 6.61 Å². The molecule has 0 amide bonds. The number of hydrogen-bond donors (Lipinski definition) is 0. The minimum Gasteiger partial charge on any atom is -0.485 e. The van der Waals surface area contributed by atoms with Crippen LogP contribution in [0, 0.1) is 0 Å². The number of fused-ring (bicyclic) bond motifs is 1. The molecule has 4 aromatic rings. The van der Waals surface area contributed by atoms with Crippen molar-refractivity contribution in [3.63, 3.8) is 0 Å². The summed E-state index contributed by atoms with van der Waals surface area (Å²) < 4.78 is 11.0. The molecule has 0 spiro atoms. The predicted octanol–water partition coefficient (Wildman–Crippen LogP) is 4.52. The summed E-state index contributed by atoms with van der Waals surface area (Å²) in [6.07, 6.45) is 1.76. The lowest BCUT2D eigenvalue weighted by Crippen LogP contribution is -1.97. The van der Waals surface area contributed by atoms with Gasteiger partial charge in [0.1, 0.15) is 5.75 Å². The summed E-state index contributed by atoms with van der Waals surface area (Å²) in [6.45, 7) is 0.208. The van der Waals surface area contributed by atoms with Crippen molar-refractivity contribution in [1.82, 2.24) is 15.1 Å². The van der Waals surface area contributed by atoms with Crippen molar-refractivity contribution in [3.8, 4) is 17.2 Å². The fourth-order valence-electron chi connectivity index (χ4n) is 2.35. The Kier molecular flexibility index (Phi) is 3.84. The molecule has 2 aromatic heterocycles. The minimum atomic E-state index is 0.208. The molecule has 0 bridgehead atoms. The summed E-state index contributed by atoms with van der Waals surface area (Å²) >= 11 is 6.13. The summed E-state index contributed by atoms with van der Waals surface area (Å²) in [5, 5.41) is 5.51. The van der Waals surface area contributed by atoms with E-state index < -0.39 is 0 Å². The zero-order valence-corrected chi connectivity index (χ0v) is 13.3. The lowest BCUT2D eigenvalue weighted by Gasteiger charge is -2.04. The molecule has 0 saturated carbocycles. The molecular formula is C18H12ClN3O2. The maximum Gasteiger partial charge on any atom is 0.259 e. The predicted molar refractivity (Wildman–Crippen MR) is 90.8 cm³/mol. The highest BCUT2D eigenvalue weighted by Crippen LogP contribution is 2.26. The van der Waals surface area contributed by atoms with Gasteiger partial charge in [-0.05, 0) is 36.4 Å². The molecular weight excluding hydrogens is 326 g/mol. The van der Waals surface area contributed by atoms with E-state index in [4.69, 9.17) is 20.9 Å². The second-order valence-corrected chi connectivity index (χ2v) is 5.55. The van der Waals surface area contributed by atoms with Gasteiger partial charge in [-0.25, -0.2) is 0 Å². The van der Waals surface area contributed by atoms with Gasteiger partial charge < -0.3 is 9.26 Å². The summed E-state index contributed by atoms with van der Waals surface area (Å²) in [7, 11) is 0. The molecule has 0 aliphatic heterocycles. The van der Waals surface area contributed by atoms with Crippen LogP contribution in [0.5, 0.6) is 5.75 Å². The third-order valence-electron chi connectivity index (χ3n) is 3.51. The highest BCUT2D eigenvalue weighted by molar-refractivity contribution is 6.33. The van der Waals surface area contributed by atoms with Gasteiger partial charge in [-0.15, -0.1) is 0 Å². The van der Waals surface area contributed by atoms with Crippen molar-refractivity contribution in [2.75, 3.05) is 0 Å². The molecule has 0 aliphatic rings. The Balaban J connectivity index is 1.51. The molecule has 118 valence electrons. The standard InChI is InChI=1S/C18H12ClN3O2/c19-15-6-2-1-5-14(15)18-21-17(22-24-18)11-23-13-7-8-16-12(10-13)4-3-9-20-16/h1-10H,11H2. The molecule has 2 aromatic carbocycles. The van der Waals surface area contributed by atoms with Gasteiger partial charge in [-0.1, -0.05) is 35.0 Å². The van der Waals surface area contributed by atoms with Crippen LogP contribution >= 0.6 is 11.6 Å². The zero-order valence-electron chi connectivity index (χ0n) is 12.5. The quantitative estimate of drug-likeness (QED) is 0.548.